The summed E-state index contributed by atoms with van der Waals surface area (Å²) in [6, 6.07) is 8.05. The second-order valence-electron chi connectivity index (χ2n) is 8.57. The minimum absolute atomic E-state index is 0.121. The number of hydrogen-bond acceptors (Lipinski definition) is 3. The molecule has 1 aromatic rings. The highest BCUT2D eigenvalue weighted by Gasteiger charge is 2.30. The zero-order chi connectivity index (χ0) is 18.7. The maximum Gasteiger partial charge on any atom is 0.253 e. The fourth-order valence-corrected chi connectivity index (χ4v) is 4.40. The largest absolute Gasteiger partial charge is 0.386 e. The summed E-state index contributed by atoms with van der Waals surface area (Å²) in [5, 5.41) is 10.1. The Kier molecular flexibility index (Phi) is 6.03. The van der Waals surface area contributed by atoms with E-state index in [-0.39, 0.29) is 5.91 Å². The van der Waals surface area contributed by atoms with Gasteiger partial charge in [-0.25, -0.2) is 0 Å². The van der Waals surface area contributed by atoms with Crippen molar-refractivity contribution in [3.8, 4) is 0 Å². The number of benzene rings is 1. The molecule has 2 fully saturated rings. The van der Waals surface area contributed by atoms with E-state index in [0.29, 0.717) is 6.04 Å². The van der Waals surface area contributed by atoms with E-state index in [0.717, 1.165) is 43.0 Å². The Labute approximate surface area is 158 Å². The number of carbonyl (C=O) groups excluding carboxylic acids is 1. The topological polar surface area (TPSA) is 43.8 Å². The van der Waals surface area contributed by atoms with Gasteiger partial charge in [0.1, 0.15) is 0 Å². The van der Waals surface area contributed by atoms with E-state index >= 15 is 0 Å². The van der Waals surface area contributed by atoms with Crippen molar-refractivity contribution >= 4 is 5.91 Å². The molecule has 26 heavy (non-hydrogen) atoms. The summed E-state index contributed by atoms with van der Waals surface area (Å²) >= 11 is 0. The first-order valence-corrected chi connectivity index (χ1v) is 10.2. The molecule has 2 aliphatic heterocycles. The zero-order valence-corrected chi connectivity index (χ0v) is 16.6. The molecule has 0 aliphatic carbocycles. The van der Waals surface area contributed by atoms with Gasteiger partial charge in [0, 0.05) is 31.2 Å². The van der Waals surface area contributed by atoms with Crippen molar-refractivity contribution in [1.82, 2.24) is 9.80 Å². The first-order chi connectivity index (χ1) is 12.4. The third-order valence-electron chi connectivity index (χ3n) is 6.23. The lowest BCUT2D eigenvalue weighted by Gasteiger charge is -2.42. The molecule has 1 unspecified atom stereocenters. The summed E-state index contributed by atoms with van der Waals surface area (Å²) in [6.45, 7) is 10.0. The van der Waals surface area contributed by atoms with Crippen molar-refractivity contribution in [2.24, 2.45) is 5.92 Å². The number of rotatable bonds is 4. The Morgan fingerprint density at radius 1 is 1.12 bits per heavy atom. The average molecular weight is 359 g/mol. The van der Waals surface area contributed by atoms with Crippen molar-refractivity contribution in [3.05, 3.63) is 35.4 Å². The molecule has 2 aliphatic rings. The maximum absolute atomic E-state index is 12.8. The van der Waals surface area contributed by atoms with Crippen molar-refractivity contribution < 1.29 is 9.90 Å². The van der Waals surface area contributed by atoms with Crippen LogP contribution in [0.1, 0.15) is 68.8 Å². The standard InChI is InChI=1S/C22H34N2O2/c1-4-17-6-5-13-24(16-17)20-11-14-23(15-12-20)21(25)18-7-9-19(10-8-18)22(2,3)26/h7-10,17,20,26H,4-6,11-16H2,1-3H3. The lowest BCUT2D eigenvalue weighted by atomic mass is 9.92. The monoisotopic (exact) mass is 358 g/mol. The van der Waals surface area contributed by atoms with Crippen LogP contribution in [0.3, 0.4) is 0 Å². The van der Waals surface area contributed by atoms with Crippen LogP contribution in [0.15, 0.2) is 24.3 Å². The molecular weight excluding hydrogens is 324 g/mol. The molecule has 4 nitrogen and oxygen atoms in total. The van der Waals surface area contributed by atoms with Crippen molar-refractivity contribution in [3.63, 3.8) is 0 Å². The Morgan fingerprint density at radius 2 is 1.77 bits per heavy atom. The van der Waals surface area contributed by atoms with Gasteiger partial charge in [-0.15, -0.1) is 0 Å². The molecule has 144 valence electrons. The highest BCUT2D eigenvalue weighted by molar-refractivity contribution is 5.94. The Bertz CT molecular complexity index is 598. The second-order valence-corrected chi connectivity index (χ2v) is 8.57. The van der Waals surface area contributed by atoms with Gasteiger partial charge in [0.15, 0.2) is 0 Å². The van der Waals surface area contributed by atoms with Crippen LogP contribution >= 0.6 is 0 Å². The molecule has 0 saturated carbocycles. The van der Waals surface area contributed by atoms with Crippen LogP contribution in [0.4, 0.5) is 0 Å². The third-order valence-corrected chi connectivity index (χ3v) is 6.23. The summed E-state index contributed by atoms with van der Waals surface area (Å²) in [5.41, 5.74) is 0.689. The lowest BCUT2D eigenvalue weighted by Crippen LogP contribution is -2.49. The average Bonchev–Trinajstić information content (AvgIpc) is 2.67. The van der Waals surface area contributed by atoms with E-state index in [1.165, 1.54) is 32.4 Å². The van der Waals surface area contributed by atoms with E-state index in [4.69, 9.17) is 0 Å². The van der Waals surface area contributed by atoms with Gasteiger partial charge in [-0.05, 0) is 69.7 Å². The van der Waals surface area contributed by atoms with Crippen LogP contribution in [0.5, 0.6) is 0 Å². The molecule has 4 heteroatoms. The molecule has 1 aromatic carbocycles. The lowest BCUT2D eigenvalue weighted by molar-refractivity contribution is 0.0525. The minimum atomic E-state index is -0.870. The molecular formula is C22H34N2O2. The fourth-order valence-electron chi connectivity index (χ4n) is 4.40. The number of carbonyl (C=O) groups is 1. The molecule has 1 N–H and O–H groups in total. The molecule has 3 rings (SSSR count). The number of aliphatic hydroxyl groups is 1. The molecule has 0 radical (unpaired) electrons. The molecule has 0 spiro atoms. The molecule has 1 amide bonds. The summed E-state index contributed by atoms with van der Waals surface area (Å²) in [7, 11) is 0. The van der Waals surface area contributed by atoms with Crippen LogP contribution in [0, 0.1) is 5.92 Å². The smallest absolute Gasteiger partial charge is 0.253 e. The SMILES string of the molecule is CCC1CCCN(C2CCN(C(=O)c3ccc(C(C)(C)O)cc3)CC2)C1. The quantitative estimate of drug-likeness (QED) is 0.894. The van der Waals surface area contributed by atoms with E-state index in [1.807, 2.05) is 29.2 Å². The van der Waals surface area contributed by atoms with Crippen LogP contribution in [0.2, 0.25) is 0 Å². The van der Waals surface area contributed by atoms with Gasteiger partial charge >= 0.3 is 0 Å². The molecule has 0 bridgehead atoms. The number of nitrogens with zero attached hydrogens (tertiary/aromatic N) is 2. The minimum Gasteiger partial charge on any atom is -0.386 e. The van der Waals surface area contributed by atoms with E-state index in [2.05, 4.69) is 11.8 Å². The number of hydrogen-bond donors (Lipinski definition) is 1. The van der Waals surface area contributed by atoms with Crippen molar-refractivity contribution in [2.45, 2.75) is 64.5 Å². The van der Waals surface area contributed by atoms with Gasteiger partial charge in [-0.1, -0.05) is 25.5 Å². The summed E-state index contributed by atoms with van der Waals surface area (Å²) in [4.78, 5) is 17.5. The van der Waals surface area contributed by atoms with Crippen LogP contribution < -0.4 is 0 Å². The number of piperidine rings is 2. The predicted molar refractivity (Wildman–Crippen MR) is 105 cm³/mol. The summed E-state index contributed by atoms with van der Waals surface area (Å²) in [6.07, 6.45) is 6.17. The van der Waals surface area contributed by atoms with Gasteiger partial charge < -0.3 is 10.0 Å². The third kappa shape index (κ3) is 4.47. The first-order valence-electron chi connectivity index (χ1n) is 10.2. The molecule has 1 atom stereocenters. The van der Waals surface area contributed by atoms with Crippen LogP contribution in [-0.4, -0.2) is 53.0 Å². The van der Waals surface area contributed by atoms with Crippen LogP contribution in [-0.2, 0) is 5.60 Å². The predicted octanol–water partition coefficient (Wildman–Crippen LogP) is 3.64. The number of likely N-dealkylation sites (tertiary alicyclic amines) is 2. The van der Waals surface area contributed by atoms with Gasteiger partial charge in [0.2, 0.25) is 0 Å². The summed E-state index contributed by atoms with van der Waals surface area (Å²) in [5.74, 6) is 0.980. The van der Waals surface area contributed by atoms with Crippen LogP contribution in [0.25, 0.3) is 0 Å². The van der Waals surface area contributed by atoms with E-state index in [1.54, 1.807) is 13.8 Å². The first kappa shape index (κ1) is 19.4. The Morgan fingerprint density at radius 3 is 2.35 bits per heavy atom. The molecule has 0 aromatic heterocycles. The molecule has 2 heterocycles. The summed E-state index contributed by atoms with van der Waals surface area (Å²) < 4.78 is 0. The van der Waals surface area contributed by atoms with Gasteiger partial charge in [0.05, 0.1) is 5.60 Å². The van der Waals surface area contributed by atoms with Gasteiger partial charge in [0.25, 0.3) is 5.91 Å². The van der Waals surface area contributed by atoms with Crippen molar-refractivity contribution in [1.29, 1.82) is 0 Å². The van der Waals surface area contributed by atoms with Gasteiger partial charge in [-0.3, -0.25) is 9.69 Å². The Hall–Kier alpha value is -1.39. The second kappa shape index (κ2) is 8.10. The highest BCUT2D eigenvalue weighted by atomic mass is 16.3. The van der Waals surface area contributed by atoms with Crippen molar-refractivity contribution in [2.75, 3.05) is 26.2 Å². The number of amides is 1. The normalized spacial score (nSPS) is 23.2. The van der Waals surface area contributed by atoms with E-state index < -0.39 is 5.60 Å². The fraction of sp³-hybridized carbons (Fsp3) is 0.682. The highest BCUT2D eigenvalue weighted by Crippen LogP contribution is 2.26. The zero-order valence-electron chi connectivity index (χ0n) is 16.6. The maximum atomic E-state index is 12.8. The Balaban J connectivity index is 1.55. The van der Waals surface area contributed by atoms with Gasteiger partial charge in [-0.2, -0.15) is 0 Å². The molecule has 2 saturated heterocycles. The van der Waals surface area contributed by atoms with E-state index in [9.17, 15) is 9.90 Å².